The van der Waals surface area contributed by atoms with E-state index in [-0.39, 0.29) is 5.41 Å². The van der Waals surface area contributed by atoms with Crippen molar-refractivity contribution in [1.82, 2.24) is 5.32 Å². The summed E-state index contributed by atoms with van der Waals surface area (Å²) in [4.78, 5) is 0. The van der Waals surface area contributed by atoms with Gasteiger partial charge in [-0.3, -0.25) is 0 Å². The van der Waals surface area contributed by atoms with Crippen LogP contribution in [-0.4, -0.2) is 26.8 Å². The van der Waals surface area contributed by atoms with Gasteiger partial charge >= 0.3 is 6.18 Å². The number of alkyl halides is 3. The molecule has 1 saturated carbocycles. The fourth-order valence-electron chi connectivity index (χ4n) is 3.15. The van der Waals surface area contributed by atoms with Gasteiger partial charge in [-0.1, -0.05) is 31.0 Å². The molecular weight excluding hydrogens is 279 g/mol. The number of ether oxygens (including phenoxy) is 1. The third kappa shape index (κ3) is 3.98. The number of methoxy groups -OCH3 is 1. The van der Waals surface area contributed by atoms with E-state index >= 15 is 0 Å². The van der Waals surface area contributed by atoms with Gasteiger partial charge in [0.05, 0.1) is 12.2 Å². The van der Waals surface area contributed by atoms with Gasteiger partial charge in [-0.15, -0.1) is 0 Å². The molecule has 1 aliphatic rings. The van der Waals surface area contributed by atoms with Gasteiger partial charge in [-0.2, -0.15) is 13.2 Å². The van der Waals surface area contributed by atoms with Gasteiger partial charge in [-0.25, -0.2) is 0 Å². The maximum Gasteiger partial charge on any atom is 0.416 e. The van der Waals surface area contributed by atoms with Crippen molar-refractivity contribution in [2.24, 2.45) is 0 Å². The van der Waals surface area contributed by atoms with E-state index in [9.17, 15) is 13.2 Å². The number of hydrogen-bond donors (Lipinski definition) is 1. The van der Waals surface area contributed by atoms with Gasteiger partial charge < -0.3 is 10.1 Å². The molecule has 5 heteroatoms. The lowest BCUT2D eigenvalue weighted by molar-refractivity contribution is -0.137. The molecule has 1 N–H and O–H groups in total. The number of halogens is 3. The molecule has 0 aliphatic heterocycles. The summed E-state index contributed by atoms with van der Waals surface area (Å²) in [6.07, 6.45) is -0.258. The molecule has 0 saturated heterocycles. The first-order valence-electron chi connectivity index (χ1n) is 7.35. The molecule has 0 aromatic heterocycles. The van der Waals surface area contributed by atoms with Gasteiger partial charge in [0.1, 0.15) is 0 Å². The van der Waals surface area contributed by atoms with Crippen molar-refractivity contribution in [3.63, 3.8) is 0 Å². The second-order valence-corrected chi connectivity index (χ2v) is 5.74. The molecule has 0 atom stereocenters. The summed E-state index contributed by atoms with van der Waals surface area (Å²) in [7, 11) is 1.64. The van der Waals surface area contributed by atoms with Crippen molar-refractivity contribution in [1.29, 1.82) is 0 Å². The fraction of sp³-hybridized carbons (Fsp3) is 0.625. The molecule has 1 fully saturated rings. The van der Waals surface area contributed by atoms with Crippen molar-refractivity contribution in [2.45, 2.75) is 37.3 Å². The lowest BCUT2D eigenvalue weighted by Crippen LogP contribution is -2.37. The maximum atomic E-state index is 12.9. The second kappa shape index (κ2) is 6.79. The van der Waals surface area contributed by atoms with Crippen molar-refractivity contribution in [2.75, 3.05) is 26.8 Å². The van der Waals surface area contributed by atoms with E-state index in [1.54, 1.807) is 7.11 Å². The Morgan fingerprint density at radius 1 is 1.24 bits per heavy atom. The summed E-state index contributed by atoms with van der Waals surface area (Å²) < 4.78 is 43.7. The zero-order valence-corrected chi connectivity index (χ0v) is 12.3. The normalized spacial score (nSPS) is 18.1. The van der Waals surface area contributed by atoms with E-state index in [0.717, 1.165) is 43.9 Å². The van der Waals surface area contributed by atoms with Crippen molar-refractivity contribution < 1.29 is 17.9 Å². The highest BCUT2D eigenvalue weighted by Crippen LogP contribution is 2.42. The van der Waals surface area contributed by atoms with Gasteiger partial charge in [0.15, 0.2) is 0 Å². The first-order valence-corrected chi connectivity index (χ1v) is 7.35. The molecular formula is C16H22F3NO. The van der Waals surface area contributed by atoms with Crippen molar-refractivity contribution in [3.8, 4) is 0 Å². The van der Waals surface area contributed by atoms with E-state index in [1.165, 1.54) is 12.1 Å². The Labute approximate surface area is 123 Å². The summed E-state index contributed by atoms with van der Waals surface area (Å²) in [5.41, 5.74) is 0.0811. The predicted octanol–water partition coefficient (Wildman–Crippen LogP) is 3.75. The van der Waals surface area contributed by atoms with Gasteiger partial charge in [0.2, 0.25) is 0 Å². The molecule has 2 rings (SSSR count). The van der Waals surface area contributed by atoms with Gasteiger partial charge in [0.25, 0.3) is 0 Å². The smallest absolute Gasteiger partial charge is 0.383 e. The fourth-order valence-corrected chi connectivity index (χ4v) is 3.15. The van der Waals surface area contributed by atoms with E-state index < -0.39 is 11.7 Å². The molecule has 0 unspecified atom stereocenters. The van der Waals surface area contributed by atoms with Crippen LogP contribution in [-0.2, 0) is 16.3 Å². The van der Waals surface area contributed by atoms with E-state index in [1.807, 2.05) is 6.07 Å². The van der Waals surface area contributed by atoms with E-state index in [4.69, 9.17) is 4.74 Å². The van der Waals surface area contributed by atoms with Gasteiger partial charge in [0, 0.05) is 25.6 Å². The molecule has 1 aromatic rings. The Hall–Kier alpha value is -1.07. The van der Waals surface area contributed by atoms with E-state index in [0.29, 0.717) is 13.2 Å². The maximum absolute atomic E-state index is 12.9. The highest BCUT2D eigenvalue weighted by molar-refractivity contribution is 5.33. The van der Waals surface area contributed by atoms with E-state index in [2.05, 4.69) is 5.32 Å². The first-order chi connectivity index (χ1) is 9.98. The quantitative estimate of drug-likeness (QED) is 0.808. The lowest BCUT2D eigenvalue weighted by Gasteiger charge is -2.30. The van der Waals surface area contributed by atoms with Crippen LogP contribution in [0.3, 0.4) is 0 Å². The van der Waals surface area contributed by atoms with Crippen molar-refractivity contribution >= 4 is 0 Å². The van der Waals surface area contributed by atoms with Crippen LogP contribution in [0.25, 0.3) is 0 Å². The molecule has 1 aromatic carbocycles. The topological polar surface area (TPSA) is 21.3 Å². The summed E-state index contributed by atoms with van der Waals surface area (Å²) in [6, 6.07) is 5.82. The Morgan fingerprint density at radius 3 is 2.57 bits per heavy atom. The third-order valence-electron chi connectivity index (χ3n) is 4.31. The minimum Gasteiger partial charge on any atom is -0.383 e. The number of rotatable bonds is 6. The van der Waals surface area contributed by atoms with Crippen LogP contribution >= 0.6 is 0 Å². The standard InChI is InChI=1S/C16H22F3NO/c1-21-10-9-20-12-15(7-2-3-8-15)13-5-4-6-14(11-13)16(17,18)19/h4-6,11,20H,2-3,7-10,12H2,1H3. The molecule has 0 heterocycles. The first kappa shape index (κ1) is 16.3. The third-order valence-corrected chi connectivity index (χ3v) is 4.31. The highest BCUT2D eigenvalue weighted by atomic mass is 19.4. The Bertz CT molecular complexity index is 453. The van der Waals surface area contributed by atoms with Crippen molar-refractivity contribution in [3.05, 3.63) is 35.4 Å². The molecule has 118 valence electrons. The monoisotopic (exact) mass is 301 g/mol. The molecule has 2 nitrogen and oxygen atoms in total. The molecule has 0 radical (unpaired) electrons. The van der Waals surface area contributed by atoms with Crippen LogP contribution in [0.15, 0.2) is 24.3 Å². The largest absolute Gasteiger partial charge is 0.416 e. The minimum absolute atomic E-state index is 0.172. The molecule has 21 heavy (non-hydrogen) atoms. The Kier molecular flexibility index (Phi) is 5.27. The number of benzene rings is 1. The van der Waals surface area contributed by atoms with Crippen LogP contribution in [0.1, 0.15) is 36.8 Å². The predicted molar refractivity (Wildman–Crippen MR) is 76.3 cm³/mol. The summed E-state index contributed by atoms with van der Waals surface area (Å²) in [6.45, 7) is 2.04. The van der Waals surface area contributed by atoms with Crippen LogP contribution in [0.4, 0.5) is 13.2 Å². The summed E-state index contributed by atoms with van der Waals surface area (Å²) >= 11 is 0. The second-order valence-electron chi connectivity index (χ2n) is 5.74. The average Bonchev–Trinajstić information content (AvgIpc) is 2.93. The Morgan fingerprint density at radius 2 is 1.95 bits per heavy atom. The summed E-state index contributed by atoms with van der Waals surface area (Å²) in [5, 5.41) is 3.32. The number of hydrogen-bond acceptors (Lipinski definition) is 2. The zero-order valence-electron chi connectivity index (χ0n) is 12.3. The molecule has 0 bridgehead atoms. The highest BCUT2D eigenvalue weighted by Gasteiger charge is 2.37. The minimum atomic E-state index is -4.28. The Balaban J connectivity index is 2.18. The van der Waals surface area contributed by atoms with Gasteiger partial charge in [-0.05, 0) is 24.5 Å². The van der Waals surface area contributed by atoms with Crippen LogP contribution in [0.2, 0.25) is 0 Å². The lowest BCUT2D eigenvalue weighted by atomic mass is 9.78. The van der Waals surface area contributed by atoms with Crippen LogP contribution < -0.4 is 5.32 Å². The molecule has 1 aliphatic carbocycles. The molecule has 0 spiro atoms. The average molecular weight is 301 g/mol. The van der Waals surface area contributed by atoms with Crippen LogP contribution in [0.5, 0.6) is 0 Å². The SMILES string of the molecule is COCCNCC1(c2cccc(C(F)(F)F)c2)CCCC1. The summed E-state index contributed by atoms with van der Waals surface area (Å²) in [5.74, 6) is 0. The number of nitrogens with one attached hydrogen (secondary N) is 1. The van der Waals surface area contributed by atoms with Crippen LogP contribution in [0, 0.1) is 0 Å². The zero-order chi connectivity index (χ0) is 15.3. The molecule has 0 amide bonds.